The summed E-state index contributed by atoms with van der Waals surface area (Å²) < 4.78 is 46.7. The van der Waals surface area contributed by atoms with E-state index in [-0.39, 0.29) is 6.54 Å². The molecular formula is C14H15F3N4O3. The highest BCUT2D eigenvalue weighted by molar-refractivity contribution is 5.82. The first-order chi connectivity index (χ1) is 11.4. The molecule has 0 unspecified atom stereocenters. The van der Waals surface area contributed by atoms with E-state index in [2.05, 4.69) is 10.1 Å². The van der Waals surface area contributed by atoms with Crippen molar-refractivity contribution in [1.82, 2.24) is 20.4 Å². The van der Waals surface area contributed by atoms with E-state index in [0.29, 0.717) is 36.7 Å². The maximum absolute atomic E-state index is 12.2. The molecule has 130 valence electrons. The van der Waals surface area contributed by atoms with Gasteiger partial charge in [0, 0.05) is 0 Å². The number of hydrogen-bond donors (Lipinski definition) is 1. The summed E-state index contributed by atoms with van der Waals surface area (Å²) in [6.45, 7) is -0.552. The number of nitrogens with zero attached hydrogens (tertiary/aromatic N) is 3. The highest BCUT2D eigenvalue weighted by Crippen LogP contribution is 2.22. The number of carbonyl (C=O) groups excluding carboxylic acids is 1. The average molecular weight is 344 g/mol. The summed E-state index contributed by atoms with van der Waals surface area (Å²) >= 11 is 0. The fourth-order valence-corrected chi connectivity index (χ4v) is 2.62. The predicted octanol–water partition coefficient (Wildman–Crippen LogP) is 1.97. The van der Waals surface area contributed by atoms with Crippen molar-refractivity contribution in [2.24, 2.45) is 0 Å². The number of carbonyl (C=O) groups is 1. The number of furan rings is 1. The van der Waals surface area contributed by atoms with E-state index >= 15 is 0 Å². The summed E-state index contributed by atoms with van der Waals surface area (Å²) in [7, 11) is 0. The quantitative estimate of drug-likeness (QED) is 0.893. The van der Waals surface area contributed by atoms with Gasteiger partial charge in [0.2, 0.25) is 17.6 Å². The van der Waals surface area contributed by atoms with E-state index in [9.17, 15) is 18.0 Å². The van der Waals surface area contributed by atoms with Crippen molar-refractivity contribution in [2.45, 2.75) is 31.6 Å². The molecule has 1 saturated heterocycles. The van der Waals surface area contributed by atoms with Crippen molar-refractivity contribution in [3.05, 3.63) is 24.5 Å². The van der Waals surface area contributed by atoms with Crippen LogP contribution in [0, 0.1) is 0 Å². The van der Waals surface area contributed by atoms with Gasteiger partial charge in [0.1, 0.15) is 12.8 Å². The third-order valence-corrected chi connectivity index (χ3v) is 3.72. The third kappa shape index (κ3) is 3.94. The molecule has 0 spiro atoms. The summed E-state index contributed by atoms with van der Waals surface area (Å²) in [6.07, 6.45) is -0.269. The van der Waals surface area contributed by atoms with Crippen LogP contribution in [-0.2, 0) is 11.3 Å². The van der Waals surface area contributed by atoms with Gasteiger partial charge in [-0.25, -0.2) is 0 Å². The molecule has 10 heteroatoms. The largest absolute Gasteiger partial charge is 0.472 e. The molecule has 1 aliphatic rings. The van der Waals surface area contributed by atoms with Crippen LogP contribution >= 0.6 is 0 Å². The molecular weight excluding hydrogens is 329 g/mol. The monoisotopic (exact) mass is 344 g/mol. The Morgan fingerprint density at radius 1 is 1.46 bits per heavy atom. The Morgan fingerprint density at radius 3 is 3.00 bits per heavy atom. The van der Waals surface area contributed by atoms with Gasteiger partial charge in [-0.1, -0.05) is 5.16 Å². The molecule has 1 atom stereocenters. The van der Waals surface area contributed by atoms with Crippen molar-refractivity contribution >= 4 is 5.91 Å². The fraction of sp³-hybridized carbons (Fsp3) is 0.500. The molecule has 24 heavy (non-hydrogen) atoms. The van der Waals surface area contributed by atoms with Crippen LogP contribution in [0.1, 0.15) is 18.7 Å². The average Bonchev–Trinajstić information content (AvgIpc) is 3.25. The van der Waals surface area contributed by atoms with Gasteiger partial charge < -0.3 is 14.3 Å². The summed E-state index contributed by atoms with van der Waals surface area (Å²) in [5, 5.41) is 5.74. The Morgan fingerprint density at radius 2 is 2.29 bits per heavy atom. The first kappa shape index (κ1) is 16.5. The second-order valence-electron chi connectivity index (χ2n) is 5.49. The van der Waals surface area contributed by atoms with Crippen LogP contribution in [0.3, 0.4) is 0 Å². The SMILES string of the molecule is O=C(NCC(F)(F)F)[C@@H]1CCCN1Cc1nc(-c2ccoc2)no1. The van der Waals surface area contributed by atoms with Crippen LogP contribution in [0.25, 0.3) is 11.4 Å². The molecule has 3 rings (SSSR count). The standard InChI is InChI=1S/C14H15F3N4O3/c15-14(16,17)8-18-13(22)10-2-1-4-21(10)6-11-19-12(20-24-11)9-3-5-23-7-9/h3,5,7,10H,1-2,4,6,8H2,(H,18,22)/t10-/m0/s1. The predicted molar refractivity (Wildman–Crippen MR) is 74.5 cm³/mol. The molecule has 2 aromatic heterocycles. The molecule has 1 fully saturated rings. The van der Waals surface area contributed by atoms with Gasteiger partial charge in [0.15, 0.2) is 0 Å². The first-order valence-electron chi connectivity index (χ1n) is 7.36. The van der Waals surface area contributed by atoms with Gasteiger partial charge >= 0.3 is 6.18 Å². The lowest BCUT2D eigenvalue weighted by atomic mass is 10.2. The molecule has 1 amide bonds. The minimum absolute atomic E-state index is 0.203. The number of rotatable bonds is 5. The highest BCUT2D eigenvalue weighted by atomic mass is 19.4. The number of amides is 1. The molecule has 0 aromatic carbocycles. The molecule has 7 nitrogen and oxygen atoms in total. The highest BCUT2D eigenvalue weighted by Gasteiger charge is 2.34. The Hall–Kier alpha value is -2.36. The van der Waals surface area contributed by atoms with E-state index in [1.165, 1.54) is 12.5 Å². The smallest absolute Gasteiger partial charge is 0.405 e. The fourth-order valence-electron chi connectivity index (χ4n) is 2.62. The van der Waals surface area contributed by atoms with Crippen LogP contribution < -0.4 is 5.32 Å². The van der Waals surface area contributed by atoms with Gasteiger partial charge in [-0.15, -0.1) is 0 Å². The molecule has 0 saturated carbocycles. The molecule has 0 radical (unpaired) electrons. The Bertz CT molecular complexity index is 684. The lowest BCUT2D eigenvalue weighted by molar-refractivity contribution is -0.141. The molecule has 0 aliphatic carbocycles. The number of likely N-dealkylation sites (tertiary alicyclic amines) is 1. The van der Waals surface area contributed by atoms with E-state index in [1.807, 2.05) is 5.32 Å². The molecule has 0 bridgehead atoms. The van der Waals surface area contributed by atoms with E-state index < -0.39 is 24.7 Å². The zero-order valence-corrected chi connectivity index (χ0v) is 12.5. The van der Waals surface area contributed by atoms with Crippen LogP contribution in [0.5, 0.6) is 0 Å². The maximum atomic E-state index is 12.2. The Kier molecular flexibility index (Phi) is 4.56. The lowest BCUT2D eigenvalue weighted by Crippen LogP contribution is -2.45. The van der Waals surface area contributed by atoms with Crippen molar-refractivity contribution in [3.63, 3.8) is 0 Å². The minimum Gasteiger partial charge on any atom is -0.472 e. The van der Waals surface area contributed by atoms with Crippen LogP contribution in [0.4, 0.5) is 13.2 Å². The Balaban J connectivity index is 1.61. The van der Waals surface area contributed by atoms with Crippen LogP contribution in [-0.4, -0.2) is 46.3 Å². The summed E-state index contributed by atoms with van der Waals surface area (Å²) in [5.41, 5.74) is 0.658. The van der Waals surface area contributed by atoms with Crippen LogP contribution in [0.2, 0.25) is 0 Å². The summed E-state index contributed by atoms with van der Waals surface area (Å²) in [6, 6.07) is 1.05. The topological polar surface area (TPSA) is 84.4 Å². The number of aromatic nitrogens is 2. The summed E-state index contributed by atoms with van der Waals surface area (Å²) in [4.78, 5) is 17.9. The molecule has 3 heterocycles. The van der Waals surface area contributed by atoms with Gasteiger partial charge in [-0.3, -0.25) is 9.69 Å². The van der Waals surface area contributed by atoms with E-state index in [1.54, 1.807) is 11.0 Å². The van der Waals surface area contributed by atoms with Gasteiger partial charge in [0.25, 0.3) is 0 Å². The van der Waals surface area contributed by atoms with Crippen molar-refractivity contribution in [1.29, 1.82) is 0 Å². The Labute approximate surface area is 134 Å². The summed E-state index contributed by atoms with van der Waals surface area (Å²) in [5.74, 6) is 0.0112. The van der Waals surface area contributed by atoms with Gasteiger partial charge in [-0.05, 0) is 25.5 Å². The third-order valence-electron chi connectivity index (χ3n) is 3.72. The minimum atomic E-state index is -4.43. The molecule has 1 N–H and O–H groups in total. The number of nitrogens with one attached hydrogen (secondary N) is 1. The second kappa shape index (κ2) is 6.63. The van der Waals surface area contributed by atoms with Gasteiger partial charge in [-0.2, -0.15) is 18.2 Å². The maximum Gasteiger partial charge on any atom is 0.405 e. The number of hydrogen-bond acceptors (Lipinski definition) is 6. The van der Waals surface area contributed by atoms with E-state index in [0.717, 1.165) is 0 Å². The van der Waals surface area contributed by atoms with Gasteiger partial charge in [0.05, 0.1) is 24.4 Å². The zero-order valence-electron chi connectivity index (χ0n) is 12.5. The first-order valence-corrected chi connectivity index (χ1v) is 7.36. The second-order valence-corrected chi connectivity index (χ2v) is 5.49. The lowest BCUT2D eigenvalue weighted by Gasteiger charge is -2.22. The van der Waals surface area contributed by atoms with E-state index in [4.69, 9.17) is 8.94 Å². The van der Waals surface area contributed by atoms with Crippen LogP contribution in [0.15, 0.2) is 27.5 Å². The zero-order chi connectivity index (χ0) is 17.2. The molecule has 1 aliphatic heterocycles. The van der Waals surface area contributed by atoms with Crippen molar-refractivity contribution in [2.75, 3.05) is 13.1 Å². The van der Waals surface area contributed by atoms with Crippen molar-refractivity contribution < 1.29 is 26.9 Å². The molecule has 2 aromatic rings. The van der Waals surface area contributed by atoms with Crippen molar-refractivity contribution in [3.8, 4) is 11.4 Å². The number of alkyl halides is 3. The normalized spacial score (nSPS) is 18.9. The number of halogens is 3.